The third kappa shape index (κ3) is 5.02. The number of Topliss-reactive ketones (excluding diaryl/α,β-unsaturated/α-hetero) is 1. The number of rotatable bonds is 9. The highest BCUT2D eigenvalue weighted by atomic mass is 79.9. The standard InChI is InChI=1S/C31H43BrO5/c1-30-16-14-24-23-13-11-22(37-27-9-5-8-18-36-27)19-21(23)10-12-25(24)26(30)20-31(28(30)33,29(34)35-2)15-6-3-4-7-17-32/h11,13,19,24-27H,3-10,12,14-18,20H2,1-2H3/t24-,25-,26+,27?,30+,31?/m1/s1. The number of unbranched alkanes of at least 4 members (excludes halogenated alkanes) is 3. The summed E-state index contributed by atoms with van der Waals surface area (Å²) in [5.74, 6) is 1.89. The molecule has 3 fully saturated rings. The average molecular weight is 576 g/mol. The number of alkyl halides is 1. The zero-order valence-electron chi connectivity index (χ0n) is 22.6. The van der Waals surface area contributed by atoms with Crippen molar-refractivity contribution in [2.75, 3.05) is 19.0 Å². The summed E-state index contributed by atoms with van der Waals surface area (Å²) in [5, 5.41) is 1.00. The maximum absolute atomic E-state index is 14.1. The van der Waals surface area contributed by atoms with E-state index < -0.39 is 10.8 Å². The van der Waals surface area contributed by atoms with Crippen LogP contribution < -0.4 is 4.74 Å². The zero-order chi connectivity index (χ0) is 26.0. The number of ether oxygens (including phenoxy) is 3. The number of carbonyl (C=O) groups excluding carboxylic acids is 2. The topological polar surface area (TPSA) is 61.8 Å². The van der Waals surface area contributed by atoms with Crippen molar-refractivity contribution >= 4 is 27.7 Å². The maximum atomic E-state index is 14.1. The predicted octanol–water partition coefficient (Wildman–Crippen LogP) is 7.13. The van der Waals surface area contributed by atoms with E-state index in [1.165, 1.54) is 18.2 Å². The van der Waals surface area contributed by atoms with Gasteiger partial charge in [0, 0.05) is 17.2 Å². The van der Waals surface area contributed by atoms with E-state index in [0.717, 1.165) is 88.3 Å². The number of esters is 1. The predicted molar refractivity (Wildman–Crippen MR) is 147 cm³/mol. The Morgan fingerprint density at radius 2 is 1.97 bits per heavy atom. The molecule has 4 aliphatic rings. The quantitative estimate of drug-likeness (QED) is 0.136. The smallest absolute Gasteiger partial charge is 0.319 e. The Hall–Kier alpha value is -1.40. The third-order valence-corrected chi connectivity index (χ3v) is 10.6. The lowest BCUT2D eigenvalue weighted by molar-refractivity contribution is -0.159. The monoisotopic (exact) mass is 574 g/mol. The van der Waals surface area contributed by atoms with E-state index in [9.17, 15) is 9.59 Å². The van der Waals surface area contributed by atoms with Gasteiger partial charge in [-0.1, -0.05) is 48.2 Å². The Morgan fingerprint density at radius 3 is 2.73 bits per heavy atom. The first kappa shape index (κ1) is 27.2. The van der Waals surface area contributed by atoms with E-state index in [4.69, 9.17) is 14.2 Å². The van der Waals surface area contributed by atoms with Crippen molar-refractivity contribution in [3.05, 3.63) is 29.3 Å². The van der Waals surface area contributed by atoms with Gasteiger partial charge in [-0.15, -0.1) is 0 Å². The molecule has 5 rings (SSSR count). The molecule has 204 valence electrons. The minimum absolute atomic E-state index is 0.131. The maximum Gasteiger partial charge on any atom is 0.319 e. The molecular weight excluding hydrogens is 532 g/mol. The van der Waals surface area contributed by atoms with Gasteiger partial charge >= 0.3 is 5.97 Å². The second-order valence-electron chi connectivity index (χ2n) is 12.1. The number of halogens is 1. The van der Waals surface area contributed by atoms with Crippen LogP contribution in [0.3, 0.4) is 0 Å². The molecule has 1 aliphatic heterocycles. The van der Waals surface area contributed by atoms with E-state index in [-0.39, 0.29) is 24.0 Å². The first-order chi connectivity index (χ1) is 17.9. The molecule has 0 spiro atoms. The third-order valence-electron chi connectivity index (χ3n) is 10.1. The summed E-state index contributed by atoms with van der Waals surface area (Å²) >= 11 is 3.50. The molecule has 1 heterocycles. The SMILES string of the molecule is COC(=O)C1(CCCCCCBr)C[C@H]2[C@@H]3CCc4cc(OC5CCCCO5)ccc4[C@H]3CC[C@]2(C)C1=O. The molecule has 0 amide bonds. The number of hydrogen-bond acceptors (Lipinski definition) is 5. The molecule has 3 aliphatic carbocycles. The molecular formula is C31H43BrO5. The van der Waals surface area contributed by atoms with Gasteiger partial charge in [0.05, 0.1) is 13.7 Å². The van der Waals surface area contributed by atoms with E-state index in [1.54, 1.807) is 0 Å². The van der Waals surface area contributed by atoms with Crippen LogP contribution in [0.5, 0.6) is 5.75 Å². The Balaban J connectivity index is 1.34. The lowest BCUT2D eigenvalue weighted by Gasteiger charge is -2.48. The number of aryl methyl sites for hydroxylation is 1. The Kier molecular flexibility index (Phi) is 8.36. The molecule has 0 N–H and O–H groups in total. The van der Waals surface area contributed by atoms with Crippen LogP contribution in [0.2, 0.25) is 0 Å². The van der Waals surface area contributed by atoms with Crippen molar-refractivity contribution in [3.8, 4) is 5.75 Å². The van der Waals surface area contributed by atoms with Crippen molar-refractivity contribution < 1.29 is 23.8 Å². The lowest BCUT2D eigenvalue weighted by atomic mass is 9.55. The van der Waals surface area contributed by atoms with Crippen LogP contribution in [0.15, 0.2) is 18.2 Å². The molecule has 0 radical (unpaired) electrons. The second-order valence-corrected chi connectivity index (χ2v) is 12.9. The van der Waals surface area contributed by atoms with Gasteiger partial charge in [-0.05, 0) is 98.8 Å². The fraction of sp³-hybridized carbons (Fsp3) is 0.742. The highest BCUT2D eigenvalue weighted by molar-refractivity contribution is 9.09. The van der Waals surface area contributed by atoms with E-state index in [2.05, 4.69) is 41.1 Å². The van der Waals surface area contributed by atoms with E-state index >= 15 is 0 Å². The van der Waals surface area contributed by atoms with Gasteiger partial charge in [0.1, 0.15) is 11.2 Å². The fourth-order valence-electron chi connectivity index (χ4n) is 8.15. The summed E-state index contributed by atoms with van der Waals surface area (Å²) in [6.07, 6.45) is 12.5. The summed E-state index contributed by atoms with van der Waals surface area (Å²) < 4.78 is 17.3. The first-order valence-electron chi connectivity index (χ1n) is 14.5. The van der Waals surface area contributed by atoms with Gasteiger partial charge in [-0.25, -0.2) is 0 Å². The normalized spacial score (nSPS) is 34.8. The first-order valence-corrected chi connectivity index (χ1v) is 15.7. The Bertz CT molecular complexity index is 988. The Labute approximate surface area is 230 Å². The van der Waals surface area contributed by atoms with Gasteiger partial charge in [0.2, 0.25) is 0 Å². The van der Waals surface area contributed by atoms with Crippen molar-refractivity contribution in [1.82, 2.24) is 0 Å². The fourth-order valence-corrected chi connectivity index (χ4v) is 8.54. The summed E-state index contributed by atoms with van der Waals surface area (Å²) in [6, 6.07) is 6.60. The van der Waals surface area contributed by atoms with Crippen molar-refractivity contribution in [3.63, 3.8) is 0 Å². The van der Waals surface area contributed by atoms with E-state index in [0.29, 0.717) is 24.7 Å². The number of benzene rings is 1. The van der Waals surface area contributed by atoms with Crippen molar-refractivity contribution in [2.45, 2.75) is 103 Å². The minimum Gasteiger partial charge on any atom is -0.468 e. The van der Waals surface area contributed by atoms with Gasteiger partial charge in [0.15, 0.2) is 12.1 Å². The van der Waals surface area contributed by atoms with Crippen molar-refractivity contribution in [2.24, 2.45) is 22.7 Å². The van der Waals surface area contributed by atoms with Crippen LogP contribution in [0.4, 0.5) is 0 Å². The van der Waals surface area contributed by atoms with Crippen LogP contribution in [-0.4, -0.2) is 37.1 Å². The van der Waals surface area contributed by atoms with Crippen LogP contribution in [0.1, 0.15) is 101 Å². The molecule has 1 aromatic carbocycles. The summed E-state index contributed by atoms with van der Waals surface area (Å²) in [5.41, 5.74) is 1.42. The van der Waals surface area contributed by atoms with Gasteiger partial charge in [-0.3, -0.25) is 9.59 Å². The van der Waals surface area contributed by atoms with Gasteiger partial charge in [-0.2, -0.15) is 0 Å². The van der Waals surface area contributed by atoms with Crippen LogP contribution >= 0.6 is 15.9 Å². The number of ketones is 1. The number of fused-ring (bicyclic) bond motifs is 5. The molecule has 1 saturated heterocycles. The number of methoxy groups -OCH3 is 1. The molecule has 1 aromatic rings. The van der Waals surface area contributed by atoms with Crippen LogP contribution in [0, 0.1) is 22.7 Å². The van der Waals surface area contributed by atoms with Gasteiger partial charge < -0.3 is 14.2 Å². The number of hydrogen-bond donors (Lipinski definition) is 0. The molecule has 37 heavy (non-hydrogen) atoms. The highest BCUT2D eigenvalue weighted by Crippen LogP contribution is 2.64. The van der Waals surface area contributed by atoms with E-state index in [1.807, 2.05) is 0 Å². The molecule has 2 unspecified atom stereocenters. The summed E-state index contributed by atoms with van der Waals surface area (Å²) in [4.78, 5) is 27.4. The number of carbonyl (C=O) groups is 2. The average Bonchev–Trinajstić information content (AvgIpc) is 3.16. The summed E-state index contributed by atoms with van der Waals surface area (Å²) in [6.45, 7) is 2.94. The largest absolute Gasteiger partial charge is 0.468 e. The second kappa shape index (κ2) is 11.4. The Morgan fingerprint density at radius 1 is 1.14 bits per heavy atom. The van der Waals surface area contributed by atoms with Crippen LogP contribution in [0.25, 0.3) is 0 Å². The summed E-state index contributed by atoms with van der Waals surface area (Å²) in [7, 11) is 1.45. The highest BCUT2D eigenvalue weighted by Gasteiger charge is 2.66. The lowest BCUT2D eigenvalue weighted by Crippen LogP contribution is -2.44. The molecule has 5 nitrogen and oxygen atoms in total. The molecule has 2 saturated carbocycles. The molecule has 6 heteroatoms. The molecule has 6 atom stereocenters. The van der Waals surface area contributed by atoms with Crippen molar-refractivity contribution in [1.29, 1.82) is 0 Å². The minimum atomic E-state index is -0.963. The molecule has 0 bridgehead atoms. The molecule has 0 aromatic heterocycles. The van der Waals surface area contributed by atoms with Gasteiger partial charge in [0.25, 0.3) is 0 Å². The zero-order valence-corrected chi connectivity index (χ0v) is 24.2. The van der Waals surface area contributed by atoms with Crippen LogP contribution in [-0.2, 0) is 25.5 Å².